The number of benzene rings is 2. The lowest BCUT2D eigenvalue weighted by Crippen LogP contribution is -2.54. The van der Waals surface area contributed by atoms with E-state index in [2.05, 4.69) is 81.9 Å². The molecule has 342 valence electrons. The molecule has 0 saturated carbocycles. The molecule has 2 unspecified atom stereocenters. The van der Waals surface area contributed by atoms with Crippen LogP contribution in [0.25, 0.3) is 0 Å². The number of anilines is 1. The minimum absolute atomic E-state index is 0.00232. The van der Waals surface area contributed by atoms with Gasteiger partial charge in [0, 0.05) is 25.3 Å². The molecule has 2 aromatic rings. The molecule has 0 aromatic heterocycles. The van der Waals surface area contributed by atoms with Gasteiger partial charge < -0.3 is 24.5 Å². The van der Waals surface area contributed by atoms with Gasteiger partial charge in [-0.2, -0.15) is 0 Å². The molecule has 5 aliphatic rings. The van der Waals surface area contributed by atoms with E-state index in [1.807, 2.05) is 24.3 Å². The number of nitrogens with one attached hydrogen (secondary N) is 3. The number of ether oxygens (including phenoxy) is 2. The van der Waals surface area contributed by atoms with Gasteiger partial charge in [0.1, 0.15) is 18.2 Å². The quantitative estimate of drug-likeness (QED) is 0.106. The Bertz CT molecular complexity index is 2250. The molecule has 2 aliphatic carbocycles. The molecular formula is C49H62N4O10Si. The van der Waals surface area contributed by atoms with Crippen LogP contribution in [0.2, 0.25) is 18.1 Å². The molecular weight excluding hydrogens is 833 g/mol. The van der Waals surface area contributed by atoms with Crippen LogP contribution >= 0.6 is 0 Å². The summed E-state index contributed by atoms with van der Waals surface area (Å²) >= 11 is 0. The Morgan fingerprint density at radius 1 is 0.953 bits per heavy atom. The van der Waals surface area contributed by atoms with Crippen LogP contribution in [0, 0.1) is 23.7 Å². The van der Waals surface area contributed by atoms with Crippen molar-refractivity contribution < 1.29 is 47.5 Å². The normalized spacial score (nSPS) is 27.0. The highest BCUT2D eigenvalue weighted by molar-refractivity contribution is 6.74. The third-order valence-electron chi connectivity index (χ3n) is 14.0. The van der Waals surface area contributed by atoms with Crippen molar-refractivity contribution >= 4 is 55.6 Å². The Labute approximate surface area is 376 Å². The van der Waals surface area contributed by atoms with E-state index in [1.165, 1.54) is 17.7 Å². The second-order valence-electron chi connectivity index (χ2n) is 19.8. The number of fused-ring (bicyclic) bond motifs is 2. The number of esters is 1. The molecule has 3 heterocycles. The Morgan fingerprint density at radius 3 is 2.41 bits per heavy atom. The molecule has 0 bridgehead atoms. The molecule has 0 radical (unpaired) electrons. The number of nitrogens with zero attached hydrogens (tertiary/aromatic N) is 1. The van der Waals surface area contributed by atoms with Gasteiger partial charge in [0.05, 0.1) is 35.8 Å². The smallest absolute Gasteiger partial charge is 0.407 e. The Kier molecular flexibility index (Phi) is 13.8. The number of carbonyl (C=O) groups excluding carboxylic acids is 7. The predicted octanol–water partition coefficient (Wildman–Crippen LogP) is 7.19. The summed E-state index contributed by atoms with van der Waals surface area (Å²) in [7, 11) is -2.06. The van der Waals surface area contributed by atoms with Gasteiger partial charge in [0.2, 0.25) is 17.7 Å². The fraction of sp³-hybridized carbons (Fsp3) is 0.531. The summed E-state index contributed by atoms with van der Waals surface area (Å²) in [6, 6.07) is 10.9. The van der Waals surface area contributed by atoms with Crippen LogP contribution in [-0.4, -0.2) is 85.7 Å². The zero-order valence-corrected chi connectivity index (χ0v) is 39.0. The zero-order chi connectivity index (χ0) is 46.1. The van der Waals surface area contributed by atoms with Crippen LogP contribution in [0.5, 0.6) is 0 Å². The molecule has 2 fully saturated rings. The molecule has 0 spiro atoms. The molecule has 3 aliphatic heterocycles. The van der Waals surface area contributed by atoms with Gasteiger partial charge in [-0.05, 0) is 96.8 Å². The summed E-state index contributed by atoms with van der Waals surface area (Å²) in [5, 5.41) is 7.92. The van der Waals surface area contributed by atoms with Gasteiger partial charge in [0.25, 0.3) is 11.8 Å². The van der Waals surface area contributed by atoms with Gasteiger partial charge in [-0.3, -0.25) is 39.0 Å². The van der Waals surface area contributed by atoms with Crippen LogP contribution in [0.1, 0.15) is 111 Å². The van der Waals surface area contributed by atoms with E-state index in [0.717, 1.165) is 35.3 Å². The summed E-state index contributed by atoms with van der Waals surface area (Å²) in [6.07, 6.45) is 9.43. The highest BCUT2D eigenvalue weighted by Gasteiger charge is 2.47. The largest absolute Gasteiger partial charge is 0.462 e. The second-order valence-corrected chi connectivity index (χ2v) is 24.5. The summed E-state index contributed by atoms with van der Waals surface area (Å²) in [5.74, 6) is -2.38. The monoisotopic (exact) mass is 894 g/mol. The number of amides is 6. The number of carbonyl (C=O) groups is 7. The lowest BCUT2D eigenvalue weighted by atomic mass is 9.65. The molecule has 2 aromatic carbocycles. The first kappa shape index (κ1) is 46.6. The van der Waals surface area contributed by atoms with Crippen molar-refractivity contribution in [2.24, 2.45) is 23.7 Å². The third-order valence-corrected chi connectivity index (χ3v) is 18.5. The van der Waals surface area contributed by atoms with Gasteiger partial charge in [-0.15, -0.1) is 0 Å². The second kappa shape index (κ2) is 19.0. The molecule has 8 atom stereocenters. The van der Waals surface area contributed by atoms with E-state index in [1.54, 1.807) is 6.07 Å². The van der Waals surface area contributed by atoms with Crippen LogP contribution < -0.4 is 16.0 Å². The fourth-order valence-corrected chi connectivity index (χ4v) is 11.0. The topological polar surface area (TPSA) is 187 Å². The maximum absolute atomic E-state index is 13.4. The van der Waals surface area contributed by atoms with Crippen LogP contribution in [0.15, 0.2) is 66.3 Å². The minimum Gasteiger partial charge on any atom is -0.462 e. The SMILES string of the molecule is C[C@H]1C=C2C=C[C@H](C)C(CC[C@@H]3C[C@@H](O[Si](C)(C)C(C)(C)C)CC(=O)O3)[C@H]2[C@@H](OC(=O)NCCc2ccc(CC(=O)Nc3cccc4c3C(=O)N(C3CCC(=O)NC3=O)C4=O)cc2)C1. The number of hydrogen-bond donors (Lipinski definition) is 3. The standard InChI is InChI=1S/C49H62N4O10Si/c1-28-23-32-16-11-29(2)35(18-17-33-26-34(27-42(56)61-33)63-64(6,7)49(3,4)5)43(32)39(24-28)62-48(60)50-22-21-30-12-14-31(15-13-30)25-41(55)51-37-10-8-9-36-44(37)47(59)53(46(36)58)38-19-20-40(54)52-45(38)57/h8-16,23,28-29,33-35,38-39,43H,17-22,24-27H2,1-7H3,(H,50,60)(H,51,55)(H,52,54,57)/t28-,29-,33+,34+,35?,38?,39-,43-/m0/s1. The maximum Gasteiger partial charge on any atom is 0.407 e. The van der Waals surface area contributed by atoms with Gasteiger partial charge >= 0.3 is 12.1 Å². The first-order chi connectivity index (χ1) is 30.3. The molecule has 3 N–H and O–H groups in total. The van der Waals surface area contributed by atoms with Crippen LogP contribution in [-0.2, 0) is 45.9 Å². The van der Waals surface area contributed by atoms with E-state index in [0.29, 0.717) is 25.8 Å². The number of imide groups is 2. The minimum atomic E-state index is -2.06. The van der Waals surface area contributed by atoms with E-state index >= 15 is 0 Å². The maximum atomic E-state index is 13.4. The van der Waals surface area contributed by atoms with E-state index in [4.69, 9.17) is 13.9 Å². The molecule has 64 heavy (non-hydrogen) atoms. The Balaban J connectivity index is 0.895. The van der Waals surface area contributed by atoms with Gasteiger partial charge in [-0.1, -0.05) is 83.2 Å². The number of alkyl carbamates (subject to hydrolysis) is 1. The molecule has 15 heteroatoms. The summed E-state index contributed by atoms with van der Waals surface area (Å²) in [5.41, 5.74) is 3.12. The average Bonchev–Trinajstić information content (AvgIpc) is 3.46. The van der Waals surface area contributed by atoms with Crippen molar-refractivity contribution in [1.29, 1.82) is 0 Å². The third kappa shape index (κ3) is 10.4. The number of cyclic esters (lactones) is 1. The van der Waals surface area contributed by atoms with Crippen molar-refractivity contribution in [1.82, 2.24) is 15.5 Å². The predicted molar refractivity (Wildman–Crippen MR) is 241 cm³/mol. The molecule has 2 saturated heterocycles. The molecule has 14 nitrogen and oxygen atoms in total. The number of allylic oxidation sites excluding steroid dienone is 3. The number of rotatable bonds is 13. The molecule has 6 amide bonds. The fourth-order valence-electron chi connectivity index (χ4n) is 9.62. The van der Waals surface area contributed by atoms with E-state index < -0.39 is 50.0 Å². The van der Waals surface area contributed by atoms with Crippen molar-refractivity contribution in [3.8, 4) is 0 Å². The van der Waals surface area contributed by atoms with Crippen molar-refractivity contribution in [2.75, 3.05) is 11.9 Å². The average molecular weight is 895 g/mol. The van der Waals surface area contributed by atoms with Gasteiger partial charge in [0.15, 0.2) is 8.32 Å². The highest BCUT2D eigenvalue weighted by Crippen LogP contribution is 2.46. The summed E-state index contributed by atoms with van der Waals surface area (Å²) in [6.45, 7) is 15.8. The summed E-state index contributed by atoms with van der Waals surface area (Å²) in [4.78, 5) is 90.9. The van der Waals surface area contributed by atoms with Crippen molar-refractivity contribution in [3.05, 3.63) is 88.5 Å². The summed E-state index contributed by atoms with van der Waals surface area (Å²) < 4.78 is 18.7. The number of piperidine rings is 1. The zero-order valence-electron chi connectivity index (χ0n) is 38.0. The first-order valence-electron chi connectivity index (χ1n) is 22.7. The van der Waals surface area contributed by atoms with Crippen LogP contribution in [0.4, 0.5) is 10.5 Å². The Morgan fingerprint density at radius 2 is 1.69 bits per heavy atom. The van der Waals surface area contributed by atoms with E-state index in [-0.39, 0.29) is 89.1 Å². The lowest BCUT2D eigenvalue weighted by molar-refractivity contribution is -0.160. The molecule has 7 rings (SSSR count). The highest BCUT2D eigenvalue weighted by atomic mass is 28.4. The van der Waals surface area contributed by atoms with E-state index in [9.17, 15) is 33.6 Å². The van der Waals surface area contributed by atoms with Crippen molar-refractivity contribution in [3.63, 3.8) is 0 Å². The number of hydrogen-bond acceptors (Lipinski definition) is 10. The Hall–Kier alpha value is -5.41. The van der Waals surface area contributed by atoms with Crippen LogP contribution in [0.3, 0.4) is 0 Å². The van der Waals surface area contributed by atoms with Crippen molar-refractivity contribution in [2.45, 2.75) is 135 Å². The van der Waals surface area contributed by atoms with Gasteiger partial charge in [-0.25, -0.2) is 4.79 Å². The first-order valence-corrected chi connectivity index (χ1v) is 25.6. The lowest BCUT2D eigenvalue weighted by Gasteiger charge is -2.44.